The fourth-order valence-corrected chi connectivity index (χ4v) is 2.33. The van der Waals surface area contributed by atoms with Crippen molar-refractivity contribution in [3.63, 3.8) is 0 Å². The van der Waals surface area contributed by atoms with E-state index in [0.717, 1.165) is 11.2 Å². The molecule has 0 aromatic carbocycles. The lowest BCUT2D eigenvalue weighted by atomic mass is 10.2. The van der Waals surface area contributed by atoms with Crippen LogP contribution in [0.25, 0.3) is 5.65 Å². The van der Waals surface area contributed by atoms with Crippen LogP contribution in [-0.4, -0.2) is 20.5 Å². The Morgan fingerprint density at radius 1 is 1.44 bits per heavy atom. The largest absolute Gasteiger partial charge is 0.323 e. The molecule has 0 fully saturated rings. The maximum Gasteiger partial charge on any atom is 0.228 e. The molecule has 3 aromatic heterocycles. The predicted molar refractivity (Wildman–Crippen MR) is 69.6 cm³/mol. The molecule has 3 heterocycles. The van der Waals surface area contributed by atoms with Crippen molar-refractivity contribution in [2.45, 2.75) is 6.42 Å². The summed E-state index contributed by atoms with van der Waals surface area (Å²) < 4.78 is 1.63. The van der Waals surface area contributed by atoms with Gasteiger partial charge in [0.25, 0.3) is 0 Å². The van der Waals surface area contributed by atoms with Gasteiger partial charge in [-0.2, -0.15) is 16.4 Å². The van der Waals surface area contributed by atoms with Crippen molar-refractivity contribution in [3.8, 4) is 0 Å². The number of thiophene rings is 1. The molecule has 3 aromatic rings. The van der Waals surface area contributed by atoms with E-state index in [0.29, 0.717) is 12.1 Å². The number of rotatable bonds is 3. The molecule has 0 spiro atoms. The number of carbonyl (C=O) groups is 1. The van der Waals surface area contributed by atoms with Gasteiger partial charge >= 0.3 is 0 Å². The van der Waals surface area contributed by atoms with Crippen LogP contribution in [0.1, 0.15) is 5.56 Å². The molecule has 0 bridgehead atoms. The van der Waals surface area contributed by atoms with E-state index in [1.165, 1.54) is 0 Å². The minimum atomic E-state index is -0.0540. The summed E-state index contributed by atoms with van der Waals surface area (Å²) in [6.07, 6.45) is 5.41. The Bertz CT molecular complexity index is 674. The molecule has 0 atom stereocenters. The van der Waals surface area contributed by atoms with Crippen molar-refractivity contribution >= 4 is 28.6 Å². The molecule has 0 aliphatic heterocycles. The first kappa shape index (κ1) is 10.9. The third kappa shape index (κ3) is 2.23. The molecule has 90 valence electrons. The third-order valence-electron chi connectivity index (χ3n) is 2.48. The molecule has 6 heteroatoms. The molecule has 1 N–H and O–H groups in total. The molecule has 5 nitrogen and oxygen atoms in total. The Morgan fingerprint density at radius 3 is 3.22 bits per heavy atom. The van der Waals surface area contributed by atoms with Crippen molar-refractivity contribution < 1.29 is 4.79 Å². The van der Waals surface area contributed by atoms with Gasteiger partial charge in [-0.15, -0.1) is 0 Å². The summed E-state index contributed by atoms with van der Waals surface area (Å²) in [7, 11) is 0. The van der Waals surface area contributed by atoms with Crippen molar-refractivity contribution in [3.05, 3.63) is 47.0 Å². The van der Waals surface area contributed by atoms with E-state index in [4.69, 9.17) is 0 Å². The first-order valence-electron chi connectivity index (χ1n) is 5.41. The van der Waals surface area contributed by atoms with E-state index in [-0.39, 0.29) is 5.91 Å². The lowest BCUT2D eigenvalue weighted by Crippen LogP contribution is -2.14. The highest BCUT2D eigenvalue weighted by atomic mass is 32.1. The highest BCUT2D eigenvalue weighted by Gasteiger charge is 2.05. The van der Waals surface area contributed by atoms with Gasteiger partial charge in [-0.25, -0.2) is 9.50 Å². The number of aromatic nitrogens is 3. The van der Waals surface area contributed by atoms with Crippen LogP contribution in [0, 0.1) is 0 Å². The topological polar surface area (TPSA) is 59.3 Å². The van der Waals surface area contributed by atoms with Gasteiger partial charge in [0.15, 0.2) is 5.65 Å². The maximum absolute atomic E-state index is 11.8. The van der Waals surface area contributed by atoms with Gasteiger partial charge < -0.3 is 5.32 Å². The number of nitrogens with one attached hydrogen (secondary N) is 1. The molecule has 0 unspecified atom stereocenters. The summed E-state index contributed by atoms with van der Waals surface area (Å²) in [5.41, 5.74) is 2.42. The number of carbonyl (C=O) groups excluding carboxylic acids is 1. The second kappa shape index (κ2) is 4.58. The fourth-order valence-electron chi connectivity index (χ4n) is 1.66. The van der Waals surface area contributed by atoms with Crippen LogP contribution in [0.2, 0.25) is 0 Å². The maximum atomic E-state index is 11.8. The van der Waals surface area contributed by atoms with Gasteiger partial charge in [0.05, 0.1) is 30.7 Å². The zero-order chi connectivity index (χ0) is 12.4. The van der Waals surface area contributed by atoms with Gasteiger partial charge in [-0.1, -0.05) is 0 Å². The summed E-state index contributed by atoms with van der Waals surface area (Å²) in [5.74, 6) is -0.0540. The molecule has 3 rings (SSSR count). The van der Waals surface area contributed by atoms with Crippen molar-refractivity contribution in [1.29, 1.82) is 0 Å². The first-order valence-corrected chi connectivity index (χ1v) is 6.36. The van der Waals surface area contributed by atoms with Gasteiger partial charge in [0, 0.05) is 6.07 Å². The molecular weight excluding hydrogens is 248 g/mol. The van der Waals surface area contributed by atoms with Crippen LogP contribution in [0.15, 0.2) is 41.5 Å². The molecule has 0 aliphatic rings. The number of anilines is 1. The normalized spacial score (nSPS) is 10.7. The molecule has 0 saturated heterocycles. The summed E-state index contributed by atoms with van der Waals surface area (Å²) >= 11 is 1.58. The molecule has 18 heavy (non-hydrogen) atoms. The van der Waals surface area contributed by atoms with Crippen LogP contribution >= 0.6 is 11.3 Å². The predicted octanol–water partition coefficient (Wildman–Crippen LogP) is 1.97. The van der Waals surface area contributed by atoms with Gasteiger partial charge in [-0.05, 0) is 22.4 Å². The minimum absolute atomic E-state index is 0.0540. The Kier molecular flexibility index (Phi) is 2.77. The number of hydrogen-bond donors (Lipinski definition) is 1. The zero-order valence-corrected chi connectivity index (χ0v) is 10.2. The van der Waals surface area contributed by atoms with E-state index >= 15 is 0 Å². The van der Waals surface area contributed by atoms with E-state index < -0.39 is 0 Å². The SMILES string of the molecule is O=C(Cc1ccsc1)Nc1cnc2ccnn2c1. The second-order valence-corrected chi connectivity index (χ2v) is 4.61. The number of amides is 1. The molecule has 0 radical (unpaired) electrons. The first-order chi connectivity index (χ1) is 8.81. The average molecular weight is 258 g/mol. The lowest BCUT2D eigenvalue weighted by molar-refractivity contribution is -0.115. The van der Waals surface area contributed by atoms with E-state index in [1.807, 2.05) is 16.8 Å². The molecule has 0 aliphatic carbocycles. The van der Waals surface area contributed by atoms with Crippen LogP contribution < -0.4 is 5.32 Å². The third-order valence-corrected chi connectivity index (χ3v) is 3.21. The van der Waals surface area contributed by atoms with Crippen molar-refractivity contribution in [2.75, 3.05) is 5.32 Å². The lowest BCUT2D eigenvalue weighted by Gasteiger charge is -2.04. The highest BCUT2D eigenvalue weighted by molar-refractivity contribution is 7.08. The Hall–Kier alpha value is -2.21. The van der Waals surface area contributed by atoms with Crippen molar-refractivity contribution in [1.82, 2.24) is 14.6 Å². The summed E-state index contributed by atoms with van der Waals surface area (Å²) in [6.45, 7) is 0. The van der Waals surface area contributed by atoms with Gasteiger partial charge in [0.2, 0.25) is 5.91 Å². The summed E-state index contributed by atoms with van der Waals surface area (Å²) in [5, 5.41) is 10.8. The van der Waals surface area contributed by atoms with E-state index in [9.17, 15) is 4.79 Å². The molecule has 0 saturated carbocycles. The second-order valence-electron chi connectivity index (χ2n) is 3.83. The number of hydrogen-bond acceptors (Lipinski definition) is 4. The quantitative estimate of drug-likeness (QED) is 0.781. The Morgan fingerprint density at radius 2 is 2.39 bits per heavy atom. The zero-order valence-electron chi connectivity index (χ0n) is 9.41. The minimum Gasteiger partial charge on any atom is -0.323 e. The number of nitrogens with zero attached hydrogens (tertiary/aromatic N) is 3. The standard InChI is InChI=1S/C12H10N4OS/c17-12(5-9-2-4-18-8-9)15-10-6-13-11-1-3-14-16(11)7-10/h1-4,6-8H,5H2,(H,15,17). The average Bonchev–Trinajstić information content (AvgIpc) is 2.98. The summed E-state index contributed by atoms with van der Waals surface area (Å²) in [6, 6.07) is 3.75. The van der Waals surface area contributed by atoms with Crippen molar-refractivity contribution in [2.24, 2.45) is 0 Å². The smallest absolute Gasteiger partial charge is 0.228 e. The Balaban J connectivity index is 1.73. The molecular formula is C12H10N4OS. The Labute approximate surface area is 107 Å². The highest BCUT2D eigenvalue weighted by Crippen LogP contribution is 2.10. The van der Waals surface area contributed by atoms with Crippen LogP contribution in [0.5, 0.6) is 0 Å². The van der Waals surface area contributed by atoms with Crippen LogP contribution in [-0.2, 0) is 11.2 Å². The van der Waals surface area contributed by atoms with E-state index in [2.05, 4.69) is 15.4 Å². The summed E-state index contributed by atoms with van der Waals surface area (Å²) in [4.78, 5) is 16.0. The van der Waals surface area contributed by atoms with E-state index in [1.54, 1.807) is 40.5 Å². The monoisotopic (exact) mass is 258 g/mol. The van der Waals surface area contributed by atoms with Crippen LogP contribution in [0.3, 0.4) is 0 Å². The van der Waals surface area contributed by atoms with Gasteiger partial charge in [-0.3, -0.25) is 4.79 Å². The molecule has 1 amide bonds. The van der Waals surface area contributed by atoms with Gasteiger partial charge in [0.1, 0.15) is 0 Å². The number of fused-ring (bicyclic) bond motifs is 1. The van der Waals surface area contributed by atoms with Crippen LogP contribution in [0.4, 0.5) is 5.69 Å². The fraction of sp³-hybridized carbons (Fsp3) is 0.0833.